The van der Waals surface area contributed by atoms with Crippen LogP contribution in [0.5, 0.6) is 0 Å². The first-order valence-electron chi connectivity index (χ1n) is 18.4. The number of aryl methyl sites for hydroxylation is 12. The van der Waals surface area contributed by atoms with E-state index in [4.69, 9.17) is 0 Å². The second kappa shape index (κ2) is 14.7. The van der Waals surface area contributed by atoms with Gasteiger partial charge in [0.25, 0.3) is 0 Å². The van der Waals surface area contributed by atoms with Crippen molar-refractivity contribution < 1.29 is 0 Å². The molecular formula is C48H50Ge2S2. The Hall–Kier alpha value is -2.89. The van der Waals surface area contributed by atoms with Gasteiger partial charge in [-0.3, -0.25) is 0 Å². The van der Waals surface area contributed by atoms with Gasteiger partial charge in [0.05, 0.1) is 0 Å². The SMILES string of the molecule is Cc1cc(C)c(-c2cccc(-c3c(C)cc(C)cc3C)[c]2[Ge]2[S][Ge]([c]3c(-c4c(C)cc(C)cc4C)cccc3-c3c(C)cc(C)cc3C)[S]2)c(C)c1. The Labute approximate surface area is 326 Å². The molecule has 1 heterocycles. The Morgan fingerprint density at radius 1 is 0.308 bits per heavy atom. The van der Waals surface area contributed by atoms with Crippen LogP contribution in [0.15, 0.2) is 84.9 Å². The first-order chi connectivity index (χ1) is 24.7. The number of rotatable bonds is 6. The first kappa shape index (κ1) is 37.4. The molecule has 1 aliphatic heterocycles. The molecule has 52 heavy (non-hydrogen) atoms. The third-order valence-corrected chi connectivity index (χ3v) is 75.6. The molecule has 1 saturated heterocycles. The summed E-state index contributed by atoms with van der Waals surface area (Å²) in [6, 6.07) is 33.5. The van der Waals surface area contributed by atoms with Crippen LogP contribution in [0, 0.1) is 83.1 Å². The van der Waals surface area contributed by atoms with Gasteiger partial charge in [0, 0.05) is 0 Å². The summed E-state index contributed by atoms with van der Waals surface area (Å²) in [5, 5.41) is 0. The van der Waals surface area contributed by atoms with E-state index in [0.717, 1.165) is 0 Å². The van der Waals surface area contributed by atoms with Gasteiger partial charge in [-0.05, 0) is 0 Å². The van der Waals surface area contributed by atoms with E-state index in [1.807, 2.05) is 0 Å². The normalized spacial score (nSPS) is 13.5. The van der Waals surface area contributed by atoms with Crippen molar-refractivity contribution in [3.63, 3.8) is 0 Å². The Bertz CT molecular complexity index is 1990. The predicted molar refractivity (Wildman–Crippen MR) is 237 cm³/mol. The van der Waals surface area contributed by atoms with Crippen LogP contribution in [0.1, 0.15) is 66.8 Å². The predicted octanol–water partition coefficient (Wildman–Crippen LogP) is 12.6. The Morgan fingerprint density at radius 2 is 0.500 bits per heavy atom. The maximum atomic E-state index is 2.47. The maximum absolute atomic E-state index is 2.47. The number of hydrogen-bond acceptors (Lipinski definition) is 2. The summed E-state index contributed by atoms with van der Waals surface area (Å²) in [5.41, 5.74) is 28.2. The fraction of sp³-hybridized carbons (Fsp3) is 0.250. The Kier molecular flexibility index (Phi) is 10.6. The van der Waals surface area contributed by atoms with E-state index in [9.17, 15) is 0 Å². The molecule has 0 N–H and O–H groups in total. The van der Waals surface area contributed by atoms with Gasteiger partial charge in [0.2, 0.25) is 0 Å². The van der Waals surface area contributed by atoms with Crippen LogP contribution in [0.4, 0.5) is 0 Å². The van der Waals surface area contributed by atoms with Gasteiger partial charge in [0.1, 0.15) is 0 Å². The topological polar surface area (TPSA) is 0 Å². The summed E-state index contributed by atoms with van der Waals surface area (Å²) in [6.45, 7) is 27.5. The molecule has 7 rings (SSSR count). The third kappa shape index (κ3) is 6.83. The minimum atomic E-state index is -1.87. The molecule has 0 bridgehead atoms. The second-order valence-electron chi connectivity index (χ2n) is 15.3. The van der Waals surface area contributed by atoms with Crippen LogP contribution >= 0.6 is 16.8 Å². The molecule has 0 atom stereocenters. The third-order valence-electron chi connectivity index (χ3n) is 10.7. The first-order valence-corrected chi connectivity index (χ1v) is 32.4. The molecule has 4 heteroatoms. The van der Waals surface area contributed by atoms with E-state index < -0.39 is 24.1 Å². The minimum absolute atomic E-state index is 1.34. The Balaban J connectivity index is 1.44. The molecule has 0 spiro atoms. The summed E-state index contributed by atoms with van der Waals surface area (Å²) >= 11 is -3.74. The van der Waals surface area contributed by atoms with Gasteiger partial charge < -0.3 is 0 Å². The molecule has 0 aromatic heterocycles. The van der Waals surface area contributed by atoms with Crippen LogP contribution in [0.3, 0.4) is 0 Å². The van der Waals surface area contributed by atoms with Crippen LogP contribution in [-0.2, 0) is 0 Å². The van der Waals surface area contributed by atoms with E-state index in [1.165, 1.54) is 111 Å². The van der Waals surface area contributed by atoms with Crippen molar-refractivity contribution in [2.45, 2.75) is 83.1 Å². The van der Waals surface area contributed by atoms with Crippen molar-refractivity contribution in [2.24, 2.45) is 0 Å². The Morgan fingerprint density at radius 3 is 0.692 bits per heavy atom. The summed E-state index contributed by atoms with van der Waals surface area (Å²) in [5.74, 6) is 0. The zero-order valence-electron chi connectivity index (χ0n) is 32.9. The molecule has 0 nitrogen and oxygen atoms in total. The van der Waals surface area contributed by atoms with E-state index in [1.54, 1.807) is 8.79 Å². The van der Waals surface area contributed by atoms with Crippen LogP contribution in [0.25, 0.3) is 44.5 Å². The zero-order chi connectivity index (χ0) is 37.2. The van der Waals surface area contributed by atoms with E-state index in [2.05, 4.69) is 185 Å². The molecule has 0 aliphatic carbocycles. The molecule has 6 aromatic carbocycles. The molecule has 2 radical (unpaired) electrons. The van der Waals surface area contributed by atoms with Crippen molar-refractivity contribution in [2.75, 3.05) is 0 Å². The number of benzene rings is 6. The molecule has 6 aromatic rings. The van der Waals surface area contributed by atoms with E-state index >= 15 is 0 Å². The molecule has 0 unspecified atom stereocenters. The van der Waals surface area contributed by atoms with Crippen molar-refractivity contribution >= 4 is 49.7 Å². The fourth-order valence-corrected chi connectivity index (χ4v) is 68.0. The molecule has 1 fully saturated rings. The zero-order valence-corrected chi connectivity index (χ0v) is 38.7. The van der Waals surface area contributed by atoms with E-state index in [0.29, 0.717) is 0 Å². The van der Waals surface area contributed by atoms with Crippen molar-refractivity contribution in [1.29, 1.82) is 0 Å². The molecule has 1 aliphatic rings. The molecular weight excluding hydrogens is 786 g/mol. The van der Waals surface area contributed by atoms with E-state index in [-0.39, 0.29) is 0 Å². The summed E-state index contributed by atoms with van der Waals surface area (Å²) in [6.07, 6.45) is 0. The molecule has 262 valence electrons. The average Bonchev–Trinajstić information content (AvgIpc) is 3.00. The average molecular weight is 836 g/mol. The van der Waals surface area contributed by atoms with Crippen LogP contribution in [0.2, 0.25) is 0 Å². The second-order valence-corrected chi connectivity index (χ2v) is 47.3. The quantitative estimate of drug-likeness (QED) is 0.153. The van der Waals surface area contributed by atoms with Gasteiger partial charge in [-0.25, -0.2) is 0 Å². The van der Waals surface area contributed by atoms with Crippen LogP contribution in [-0.4, -0.2) is 24.1 Å². The summed E-state index contributed by atoms with van der Waals surface area (Å²) in [4.78, 5) is 0. The standard InChI is InChI=1S/C48H50Ge2S2/c1-27-19-31(5)43(32(6)20-27)39-15-13-16-40(44-33(7)21-28(2)22-34(44)8)47(39)49-51-50(52-49)48-41(45-35(9)23-29(3)24-36(45)10)17-14-18-42(48)46-37(11)25-30(4)26-38(46)12/h13-26H,1-12H3. The van der Waals surface area contributed by atoms with Gasteiger partial charge in [0.15, 0.2) is 0 Å². The van der Waals surface area contributed by atoms with Gasteiger partial charge >= 0.3 is 329 Å². The van der Waals surface area contributed by atoms with Crippen molar-refractivity contribution in [3.05, 3.63) is 152 Å². The summed E-state index contributed by atoms with van der Waals surface area (Å²) in [7, 11) is 4.94. The molecule has 0 amide bonds. The molecule has 0 saturated carbocycles. The van der Waals surface area contributed by atoms with Crippen molar-refractivity contribution in [1.82, 2.24) is 0 Å². The van der Waals surface area contributed by atoms with Gasteiger partial charge in [-0.1, -0.05) is 0 Å². The van der Waals surface area contributed by atoms with Crippen LogP contribution < -0.4 is 8.79 Å². The van der Waals surface area contributed by atoms with Crippen molar-refractivity contribution in [3.8, 4) is 44.5 Å². The monoisotopic (exact) mass is 838 g/mol. The van der Waals surface area contributed by atoms with Gasteiger partial charge in [-0.2, -0.15) is 0 Å². The fourth-order valence-electron chi connectivity index (χ4n) is 9.18. The number of hydrogen-bond donors (Lipinski definition) is 0. The summed E-state index contributed by atoms with van der Waals surface area (Å²) < 4.78 is 3.34. The van der Waals surface area contributed by atoms with Gasteiger partial charge in [-0.15, -0.1) is 0 Å².